The Morgan fingerprint density at radius 3 is 2.89 bits per heavy atom. The van der Waals surface area contributed by atoms with Crippen LogP contribution in [0.5, 0.6) is 5.75 Å². The Morgan fingerprint density at radius 1 is 1.47 bits per heavy atom. The Hall–Kier alpha value is -0.510. The third kappa shape index (κ3) is 3.53. The number of halogens is 3. The van der Waals surface area contributed by atoms with Crippen LogP contribution in [0.15, 0.2) is 12.1 Å². The standard InChI is InChI=1S/C14H18Cl2FNO/c1-2-3-11(9-6-7-18-8-9)19-12-5-4-10(15)13(16)14(12)17/h4-5,9,11,18H,2-3,6-8H2,1H3/t9-,11+/m0/s1. The molecule has 0 amide bonds. The Balaban J connectivity index is 2.14. The fourth-order valence-electron chi connectivity index (χ4n) is 2.43. The molecule has 1 saturated heterocycles. The van der Waals surface area contributed by atoms with Crippen LogP contribution >= 0.6 is 23.2 Å². The zero-order chi connectivity index (χ0) is 13.8. The lowest BCUT2D eigenvalue weighted by molar-refractivity contribution is 0.127. The van der Waals surface area contributed by atoms with Crippen molar-refractivity contribution >= 4 is 23.2 Å². The summed E-state index contributed by atoms with van der Waals surface area (Å²) in [5.74, 6) is 0.0507. The van der Waals surface area contributed by atoms with Crippen molar-refractivity contribution in [2.75, 3.05) is 13.1 Å². The summed E-state index contributed by atoms with van der Waals surface area (Å²) in [5, 5.41) is 3.45. The summed E-state index contributed by atoms with van der Waals surface area (Å²) in [7, 11) is 0. The monoisotopic (exact) mass is 305 g/mol. The Labute approximate surface area is 123 Å². The van der Waals surface area contributed by atoms with Crippen molar-refractivity contribution in [1.29, 1.82) is 0 Å². The highest BCUT2D eigenvalue weighted by Gasteiger charge is 2.27. The van der Waals surface area contributed by atoms with Gasteiger partial charge in [0.15, 0.2) is 11.6 Å². The third-order valence-electron chi connectivity index (χ3n) is 3.48. The van der Waals surface area contributed by atoms with E-state index in [9.17, 15) is 4.39 Å². The maximum absolute atomic E-state index is 14.0. The normalized spacial score (nSPS) is 20.5. The average molecular weight is 306 g/mol. The zero-order valence-electron chi connectivity index (χ0n) is 10.9. The van der Waals surface area contributed by atoms with Gasteiger partial charge in [0.25, 0.3) is 0 Å². The molecule has 0 saturated carbocycles. The summed E-state index contributed by atoms with van der Waals surface area (Å²) in [6.07, 6.45) is 3.00. The van der Waals surface area contributed by atoms with Crippen molar-refractivity contribution in [2.24, 2.45) is 5.92 Å². The van der Waals surface area contributed by atoms with Crippen LogP contribution in [0.3, 0.4) is 0 Å². The van der Waals surface area contributed by atoms with Crippen LogP contribution in [0.25, 0.3) is 0 Å². The molecule has 0 unspecified atom stereocenters. The van der Waals surface area contributed by atoms with Crippen LogP contribution in [0, 0.1) is 11.7 Å². The topological polar surface area (TPSA) is 21.3 Å². The van der Waals surface area contributed by atoms with Gasteiger partial charge in [-0.2, -0.15) is 0 Å². The maximum Gasteiger partial charge on any atom is 0.185 e. The summed E-state index contributed by atoms with van der Waals surface area (Å²) in [6.45, 7) is 4.02. The first-order valence-electron chi connectivity index (χ1n) is 6.64. The summed E-state index contributed by atoms with van der Waals surface area (Å²) in [6, 6.07) is 3.12. The number of nitrogens with one attached hydrogen (secondary N) is 1. The van der Waals surface area contributed by atoms with Crippen LogP contribution in [-0.4, -0.2) is 19.2 Å². The number of hydrogen-bond donors (Lipinski definition) is 1. The Morgan fingerprint density at radius 2 is 2.26 bits per heavy atom. The van der Waals surface area contributed by atoms with Gasteiger partial charge in [-0.1, -0.05) is 36.5 Å². The molecule has 0 aliphatic carbocycles. The van der Waals surface area contributed by atoms with Crippen LogP contribution in [0.2, 0.25) is 10.0 Å². The van der Waals surface area contributed by atoms with Crippen molar-refractivity contribution < 1.29 is 9.13 Å². The fraction of sp³-hybridized carbons (Fsp3) is 0.571. The van der Waals surface area contributed by atoms with Crippen LogP contribution < -0.4 is 10.1 Å². The maximum atomic E-state index is 14.0. The lowest BCUT2D eigenvalue weighted by atomic mass is 9.97. The molecule has 1 N–H and O–H groups in total. The molecule has 5 heteroatoms. The van der Waals surface area contributed by atoms with Crippen molar-refractivity contribution in [3.8, 4) is 5.75 Å². The van der Waals surface area contributed by atoms with Crippen LogP contribution in [-0.2, 0) is 0 Å². The molecule has 0 aromatic heterocycles. The first kappa shape index (κ1) is 14.9. The van der Waals surface area contributed by atoms with E-state index in [1.807, 2.05) is 0 Å². The minimum atomic E-state index is -0.568. The van der Waals surface area contributed by atoms with Gasteiger partial charge in [0.05, 0.1) is 10.0 Å². The molecule has 1 aliphatic rings. The van der Waals surface area contributed by atoms with E-state index in [1.165, 1.54) is 0 Å². The van der Waals surface area contributed by atoms with Crippen molar-refractivity contribution in [3.05, 3.63) is 28.0 Å². The lowest BCUT2D eigenvalue weighted by Crippen LogP contribution is -2.29. The molecule has 2 atom stereocenters. The Kier molecular flexibility index (Phi) is 5.31. The van der Waals surface area contributed by atoms with Gasteiger partial charge in [0.1, 0.15) is 6.10 Å². The van der Waals surface area contributed by atoms with E-state index in [0.29, 0.717) is 5.92 Å². The van der Waals surface area contributed by atoms with Crippen LogP contribution in [0.4, 0.5) is 4.39 Å². The van der Waals surface area contributed by atoms with E-state index in [2.05, 4.69) is 12.2 Å². The fourth-order valence-corrected chi connectivity index (χ4v) is 2.73. The number of ether oxygens (including phenoxy) is 1. The van der Waals surface area contributed by atoms with Crippen molar-refractivity contribution in [3.63, 3.8) is 0 Å². The van der Waals surface area contributed by atoms with E-state index < -0.39 is 5.82 Å². The second-order valence-electron chi connectivity index (χ2n) is 4.87. The SMILES string of the molecule is CCC[C@@H](Oc1ccc(Cl)c(Cl)c1F)[C@H]1CCNC1. The predicted molar refractivity (Wildman–Crippen MR) is 76.7 cm³/mol. The molecule has 106 valence electrons. The first-order chi connectivity index (χ1) is 9.13. The first-order valence-corrected chi connectivity index (χ1v) is 7.40. The zero-order valence-corrected chi connectivity index (χ0v) is 12.4. The smallest absolute Gasteiger partial charge is 0.185 e. The molecule has 0 radical (unpaired) electrons. The van der Waals surface area contributed by atoms with E-state index in [1.54, 1.807) is 12.1 Å². The molecule has 0 spiro atoms. The Bertz CT molecular complexity index is 436. The van der Waals surface area contributed by atoms with Gasteiger partial charge in [-0.05, 0) is 31.5 Å². The highest BCUT2D eigenvalue weighted by atomic mass is 35.5. The number of hydrogen-bond acceptors (Lipinski definition) is 2. The van der Waals surface area contributed by atoms with Gasteiger partial charge < -0.3 is 10.1 Å². The molecule has 1 aliphatic heterocycles. The van der Waals surface area contributed by atoms with Crippen molar-refractivity contribution in [2.45, 2.75) is 32.3 Å². The third-order valence-corrected chi connectivity index (χ3v) is 4.26. The van der Waals surface area contributed by atoms with Gasteiger partial charge in [0.2, 0.25) is 0 Å². The lowest BCUT2D eigenvalue weighted by Gasteiger charge is -2.24. The van der Waals surface area contributed by atoms with E-state index in [0.717, 1.165) is 32.4 Å². The largest absolute Gasteiger partial charge is 0.487 e. The molecular formula is C14H18Cl2FNO. The molecule has 1 aromatic rings. The molecule has 0 bridgehead atoms. The summed E-state index contributed by atoms with van der Waals surface area (Å²) in [5.41, 5.74) is 0. The molecule has 1 fully saturated rings. The van der Waals surface area contributed by atoms with Gasteiger partial charge in [-0.25, -0.2) is 4.39 Å². The van der Waals surface area contributed by atoms with Gasteiger partial charge in [-0.3, -0.25) is 0 Å². The number of benzene rings is 1. The average Bonchev–Trinajstić information content (AvgIpc) is 2.92. The highest BCUT2D eigenvalue weighted by Crippen LogP contribution is 2.33. The predicted octanol–water partition coefficient (Wildman–Crippen LogP) is 4.29. The van der Waals surface area contributed by atoms with Crippen molar-refractivity contribution in [1.82, 2.24) is 5.32 Å². The summed E-state index contributed by atoms with van der Waals surface area (Å²) in [4.78, 5) is 0. The summed E-state index contributed by atoms with van der Waals surface area (Å²) >= 11 is 11.6. The van der Waals surface area contributed by atoms with Crippen LogP contribution in [0.1, 0.15) is 26.2 Å². The molecule has 19 heavy (non-hydrogen) atoms. The number of rotatable bonds is 5. The van der Waals surface area contributed by atoms with Gasteiger partial charge in [-0.15, -0.1) is 0 Å². The van der Waals surface area contributed by atoms with E-state index >= 15 is 0 Å². The molecule has 2 rings (SSSR count). The minimum absolute atomic E-state index is 0.0201. The molecule has 2 nitrogen and oxygen atoms in total. The van der Waals surface area contributed by atoms with E-state index in [-0.39, 0.29) is 21.9 Å². The second kappa shape index (κ2) is 6.78. The van der Waals surface area contributed by atoms with E-state index in [4.69, 9.17) is 27.9 Å². The minimum Gasteiger partial charge on any atom is -0.487 e. The molecular weight excluding hydrogens is 288 g/mol. The molecule has 1 heterocycles. The summed E-state index contributed by atoms with van der Waals surface area (Å²) < 4.78 is 19.8. The van der Waals surface area contributed by atoms with Gasteiger partial charge in [0, 0.05) is 12.5 Å². The highest BCUT2D eigenvalue weighted by molar-refractivity contribution is 6.42. The van der Waals surface area contributed by atoms with Gasteiger partial charge >= 0.3 is 0 Å². The second-order valence-corrected chi connectivity index (χ2v) is 5.66. The quantitative estimate of drug-likeness (QED) is 0.819. The molecule has 1 aromatic carbocycles.